The zero-order valence-corrected chi connectivity index (χ0v) is 12.0. The van der Waals surface area contributed by atoms with Gasteiger partial charge in [-0.1, -0.05) is 38.3 Å². The lowest BCUT2D eigenvalue weighted by atomic mass is 9.97. The highest BCUT2D eigenvalue weighted by Gasteiger charge is 2.21. The molecule has 15 heavy (non-hydrogen) atoms. The van der Waals surface area contributed by atoms with Gasteiger partial charge in [-0.05, 0) is 48.9 Å². The number of hydrogen-bond acceptors (Lipinski definition) is 1. The Balaban J connectivity index is 2.63. The van der Waals surface area contributed by atoms with Crippen LogP contribution in [-0.2, 0) is 6.42 Å². The van der Waals surface area contributed by atoms with Crippen LogP contribution >= 0.6 is 31.9 Å². The molecule has 1 nitrogen and oxygen atoms in total. The van der Waals surface area contributed by atoms with Crippen molar-refractivity contribution in [1.29, 1.82) is 0 Å². The summed E-state index contributed by atoms with van der Waals surface area (Å²) < 4.78 is 2.42. The van der Waals surface area contributed by atoms with E-state index in [4.69, 9.17) is 5.73 Å². The van der Waals surface area contributed by atoms with Crippen LogP contribution in [0.5, 0.6) is 0 Å². The molecular weight excluding hydrogens is 318 g/mol. The van der Waals surface area contributed by atoms with Crippen molar-refractivity contribution < 1.29 is 0 Å². The maximum absolute atomic E-state index is 6.23. The van der Waals surface area contributed by atoms with E-state index in [1.54, 1.807) is 0 Å². The monoisotopic (exact) mass is 331 g/mol. The molecule has 0 amide bonds. The summed E-state index contributed by atoms with van der Waals surface area (Å²) in [6, 6.07) is 2.37. The maximum atomic E-state index is 6.23. The minimum absolute atomic E-state index is 0.188. The molecule has 1 aromatic carbocycles. The second-order valence-electron chi connectivity index (χ2n) is 4.23. The minimum atomic E-state index is 0.188. The highest BCUT2D eigenvalue weighted by atomic mass is 79.9. The molecule has 2 rings (SSSR count). The number of nitrogens with two attached hydrogens (primary N) is 1. The molecule has 3 heteroatoms. The number of benzene rings is 1. The Labute approximate surface area is 108 Å². The van der Waals surface area contributed by atoms with Crippen molar-refractivity contribution >= 4 is 31.9 Å². The first-order valence-electron chi connectivity index (χ1n) is 5.34. The molecule has 0 saturated heterocycles. The summed E-state index contributed by atoms with van der Waals surface area (Å²) in [5.41, 5.74) is 10.2. The Morgan fingerprint density at radius 2 is 2.07 bits per heavy atom. The zero-order chi connectivity index (χ0) is 11.0. The van der Waals surface area contributed by atoms with Crippen molar-refractivity contribution in [3.8, 4) is 0 Å². The number of fused-ring (bicyclic) bond motifs is 1. The van der Waals surface area contributed by atoms with Crippen molar-refractivity contribution in [1.82, 2.24) is 0 Å². The normalized spacial score (nSPS) is 20.9. The summed E-state index contributed by atoms with van der Waals surface area (Å²) in [5, 5.41) is 0. The fourth-order valence-corrected chi connectivity index (χ4v) is 3.67. The van der Waals surface area contributed by atoms with Gasteiger partial charge in [0, 0.05) is 15.0 Å². The fraction of sp³-hybridized carbons (Fsp3) is 0.500. The maximum Gasteiger partial charge on any atom is 0.0309 e. The first-order valence-corrected chi connectivity index (χ1v) is 6.93. The van der Waals surface area contributed by atoms with Gasteiger partial charge in [-0.2, -0.15) is 0 Å². The van der Waals surface area contributed by atoms with Gasteiger partial charge in [-0.3, -0.25) is 0 Å². The SMILES string of the molecule is Cc1cc(Br)c2c(c1Br)[C@@H](N)CCCC2. The standard InChI is InChI=1S/C12H15Br2N/c1-7-6-9(13)8-4-2-3-5-10(15)11(8)12(7)14/h6,10H,2-5,15H2,1H3/t10-/m0/s1. The molecule has 0 heterocycles. The van der Waals surface area contributed by atoms with Crippen LogP contribution in [0.3, 0.4) is 0 Å². The molecule has 1 atom stereocenters. The van der Waals surface area contributed by atoms with Gasteiger partial charge in [0.25, 0.3) is 0 Å². The predicted molar refractivity (Wildman–Crippen MR) is 71.1 cm³/mol. The highest BCUT2D eigenvalue weighted by molar-refractivity contribution is 9.11. The second-order valence-corrected chi connectivity index (χ2v) is 5.88. The fourth-order valence-electron chi connectivity index (χ4n) is 2.27. The number of rotatable bonds is 0. The van der Waals surface area contributed by atoms with E-state index in [2.05, 4.69) is 44.8 Å². The predicted octanol–water partition coefficient (Wildman–Crippen LogP) is 4.25. The highest BCUT2D eigenvalue weighted by Crippen LogP contribution is 2.38. The molecule has 0 aromatic heterocycles. The Bertz CT molecular complexity index is 388. The lowest BCUT2D eigenvalue weighted by Crippen LogP contribution is -2.12. The van der Waals surface area contributed by atoms with Crippen LogP contribution in [-0.4, -0.2) is 0 Å². The average molecular weight is 333 g/mol. The van der Waals surface area contributed by atoms with Gasteiger partial charge < -0.3 is 5.73 Å². The summed E-state index contributed by atoms with van der Waals surface area (Å²) in [7, 11) is 0. The van der Waals surface area contributed by atoms with Gasteiger partial charge in [0.1, 0.15) is 0 Å². The average Bonchev–Trinajstić information content (AvgIpc) is 2.37. The lowest BCUT2D eigenvalue weighted by Gasteiger charge is -2.18. The summed E-state index contributed by atoms with van der Waals surface area (Å²) >= 11 is 7.33. The molecule has 0 saturated carbocycles. The van der Waals surface area contributed by atoms with Crippen LogP contribution in [0.4, 0.5) is 0 Å². The van der Waals surface area contributed by atoms with Crippen LogP contribution in [0.25, 0.3) is 0 Å². The third-order valence-electron chi connectivity index (χ3n) is 3.10. The molecule has 0 spiro atoms. The summed E-state index contributed by atoms with van der Waals surface area (Å²) in [5.74, 6) is 0. The molecule has 2 N–H and O–H groups in total. The van der Waals surface area contributed by atoms with Crippen LogP contribution < -0.4 is 5.73 Å². The molecule has 0 unspecified atom stereocenters. The third kappa shape index (κ3) is 2.15. The van der Waals surface area contributed by atoms with Crippen molar-refractivity contribution in [3.63, 3.8) is 0 Å². The Kier molecular flexibility index (Phi) is 3.53. The number of halogens is 2. The van der Waals surface area contributed by atoms with Crippen molar-refractivity contribution in [2.75, 3.05) is 0 Å². The van der Waals surface area contributed by atoms with E-state index in [9.17, 15) is 0 Å². The van der Waals surface area contributed by atoms with Gasteiger partial charge in [0.05, 0.1) is 0 Å². The molecule has 0 fully saturated rings. The minimum Gasteiger partial charge on any atom is -0.324 e. The van der Waals surface area contributed by atoms with Gasteiger partial charge in [-0.25, -0.2) is 0 Å². The Hall–Kier alpha value is 0.140. The quantitative estimate of drug-likeness (QED) is 0.706. The Morgan fingerprint density at radius 3 is 2.80 bits per heavy atom. The number of hydrogen-bond donors (Lipinski definition) is 1. The lowest BCUT2D eigenvalue weighted by molar-refractivity contribution is 0.613. The van der Waals surface area contributed by atoms with E-state index in [-0.39, 0.29) is 6.04 Å². The van der Waals surface area contributed by atoms with Crippen LogP contribution in [0.2, 0.25) is 0 Å². The topological polar surface area (TPSA) is 26.0 Å². The number of aryl methyl sites for hydroxylation is 1. The molecule has 1 aliphatic rings. The molecule has 0 radical (unpaired) electrons. The van der Waals surface area contributed by atoms with Gasteiger partial charge >= 0.3 is 0 Å². The molecular formula is C12H15Br2N. The van der Waals surface area contributed by atoms with Crippen LogP contribution in [0, 0.1) is 6.92 Å². The first-order chi connectivity index (χ1) is 7.11. The summed E-state index contributed by atoms with van der Waals surface area (Å²) in [4.78, 5) is 0. The van der Waals surface area contributed by atoms with E-state index in [1.807, 2.05) is 0 Å². The van der Waals surface area contributed by atoms with E-state index < -0.39 is 0 Å². The Morgan fingerprint density at radius 1 is 1.33 bits per heavy atom. The second kappa shape index (κ2) is 4.56. The van der Waals surface area contributed by atoms with Crippen molar-refractivity contribution in [3.05, 3.63) is 31.7 Å². The first kappa shape index (κ1) is 11.6. The van der Waals surface area contributed by atoms with E-state index in [1.165, 1.54) is 38.5 Å². The zero-order valence-electron chi connectivity index (χ0n) is 8.82. The summed E-state index contributed by atoms with van der Waals surface area (Å²) in [6.07, 6.45) is 4.71. The molecule has 1 aliphatic carbocycles. The van der Waals surface area contributed by atoms with Gasteiger partial charge in [0.15, 0.2) is 0 Å². The van der Waals surface area contributed by atoms with Crippen molar-refractivity contribution in [2.24, 2.45) is 5.73 Å². The van der Waals surface area contributed by atoms with Gasteiger partial charge in [0.2, 0.25) is 0 Å². The van der Waals surface area contributed by atoms with E-state index >= 15 is 0 Å². The van der Waals surface area contributed by atoms with Crippen LogP contribution in [0.1, 0.15) is 42.0 Å². The molecule has 0 bridgehead atoms. The third-order valence-corrected chi connectivity index (χ3v) is 4.86. The molecule has 1 aromatic rings. The smallest absolute Gasteiger partial charge is 0.0309 e. The molecule has 82 valence electrons. The summed E-state index contributed by atoms with van der Waals surface area (Å²) in [6.45, 7) is 2.12. The van der Waals surface area contributed by atoms with E-state index in [0.717, 1.165) is 12.8 Å². The molecule has 0 aliphatic heterocycles. The van der Waals surface area contributed by atoms with E-state index in [0.29, 0.717) is 0 Å². The van der Waals surface area contributed by atoms with Gasteiger partial charge in [-0.15, -0.1) is 0 Å². The largest absolute Gasteiger partial charge is 0.324 e. The van der Waals surface area contributed by atoms with Crippen LogP contribution in [0.15, 0.2) is 15.0 Å². The van der Waals surface area contributed by atoms with Crippen molar-refractivity contribution in [2.45, 2.75) is 38.6 Å².